The average Bonchev–Trinajstić information content (AvgIpc) is 2.27. The van der Waals surface area contributed by atoms with Crippen molar-refractivity contribution in [1.82, 2.24) is 0 Å². The molecule has 0 saturated heterocycles. The zero-order valence-electron chi connectivity index (χ0n) is 9.33. The molecule has 2 aromatic rings. The van der Waals surface area contributed by atoms with Crippen LogP contribution in [0, 0.1) is 12.7 Å². The molecule has 0 amide bonds. The van der Waals surface area contributed by atoms with Crippen LogP contribution in [0.15, 0.2) is 42.5 Å². The van der Waals surface area contributed by atoms with Gasteiger partial charge in [0.1, 0.15) is 25.2 Å². The van der Waals surface area contributed by atoms with Gasteiger partial charge in [-0.3, -0.25) is 0 Å². The minimum absolute atomic E-state index is 0.246. The fourth-order valence-corrected chi connectivity index (χ4v) is 1.38. The Labute approximate surface area is 95.3 Å². The van der Waals surface area contributed by atoms with Crippen LogP contribution in [0.3, 0.4) is 0 Å². The first kappa shape index (κ1) is 10.7. The zero-order valence-corrected chi connectivity index (χ0v) is 9.33. The quantitative estimate of drug-likeness (QED) is 0.696. The van der Waals surface area contributed by atoms with Gasteiger partial charge in [-0.1, -0.05) is 23.7 Å². The third kappa shape index (κ3) is 2.43. The molecule has 2 aromatic carbocycles. The Bertz CT molecular complexity index is 494. The summed E-state index contributed by atoms with van der Waals surface area (Å²) in [5.74, 6) is 0.991. The highest BCUT2D eigenvalue weighted by atomic mass is 19.1. The van der Waals surface area contributed by atoms with Gasteiger partial charge in [-0.15, -0.1) is 0 Å². The average molecular weight is 214 g/mol. The van der Waals surface area contributed by atoms with Gasteiger partial charge in [-0.2, -0.15) is 0 Å². The largest absolute Gasteiger partial charge is 0.457 e. The summed E-state index contributed by atoms with van der Waals surface area (Å²) >= 11 is 0. The van der Waals surface area contributed by atoms with Crippen LogP contribution in [0.2, 0.25) is 0 Å². The summed E-state index contributed by atoms with van der Waals surface area (Å²) in [6.07, 6.45) is 0. The van der Waals surface area contributed by atoms with Crippen molar-refractivity contribution in [2.45, 2.75) is 6.92 Å². The second-order valence-corrected chi connectivity index (χ2v) is 3.83. The van der Waals surface area contributed by atoms with Crippen molar-refractivity contribution in [3.8, 4) is 11.5 Å². The number of aryl methyl sites for hydroxylation is 1. The van der Waals surface area contributed by atoms with Gasteiger partial charge in [-0.25, -0.2) is 4.39 Å². The van der Waals surface area contributed by atoms with Crippen molar-refractivity contribution < 1.29 is 9.13 Å². The lowest BCUT2D eigenvalue weighted by Gasteiger charge is -2.06. The molecule has 0 aliphatic heterocycles. The first-order valence-corrected chi connectivity index (χ1v) is 5.16. The summed E-state index contributed by atoms with van der Waals surface area (Å²) in [4.78, 5) is 0. The molecule has 0 saturated carbocycles. The van der Waals surface area contributed by atoms with E-state index in [0.717, 1.165) is 0 Å². The number of halogens is 1. The first-order valence-electron chi connectivity index (χ1n) is 5.16. The molecule has 0 bridgehead atoms. The van der Waals surface area contributed by atoms with Crippen LogP contribution in [0.5, 0.6) is 11.5 Å². The van der Waals surface area contributed by atoms with Gasteiger partial charge in [0.05, 0.1) is 0 Å². The molecular formula is C13H12BFO. The maximum Gasteiger partial charge on any atom is 0.139 e. The fourth-order valence-electron chi connectivity index (χ4n) is 1.38. The monoisotopic (exact) mass is 214 g/mol. The highest BCUT2D eigenvalue weighted by Crippen LogP contribution is 2.22. The van der Waals surface area contributed by atoms with E-state index in [1.54, 1.807) is 19.1 Å². The molecule has 0 aromatic heterocycles. The van der Waals surface area contributed by atoms with E-state index in [1.165, 1.54) is 11.5 Å². The van der Waals surface area contributed by atoms with Gasteiger partial charge < -0.3 is 4.74 Å². The second-order valence-electron chi connectivity index (χ2n) is 3.83. The SMILES string of the molecule is Bc1ccc(Oc2ccc(C)c(F)c2)cc1. The van der Waals surface area contributed by atoms with Crippen molar-refractivity contribution in [2.75, 3.05) is 0 Å². The molecular weight excluding hydrogens is 202 g/mol. The van der Waals surface area contributed by atoms with Gasteiger partial charge in [0.15, 0.2) is 0 Å². The molecule has 2 rings (SSSR count). The van der Waals surface area contributed by atoms with E-state index < -0.39 is 0 Å². The molecule has 0 radical (unpaired) electrons. The molecule has 16 heavy (non-hydrogen) atoms. The Balaban J connectivity index is 2.20. The van der Waals surface area contributed by atoms with Gasteiger partial charge in [0, 0.05) is 6.07 Å². The zero-order chi connectivity index (χ0) is 11.5. The van der Waals surface area contributed by atoms with Crippen LogP contribution >= 0.6 is 0 Å². The maximum absolute atomic E-state index is 13.3. The molecule has 3 heteroatoms. The summed E-state index contributed by atoms with van der Waals surface area (Å²) < 4.78 is 18.8. The molecule has 0 atom stereocenters. The molecule has 80 valence electrons. The van der Waals surface area contributed by atoms with Gasteiger partial charge in [-0.05, 0) is 30.7 Å². The van der Waals surface area contributed by atoms with Crippen LogP contribution in [0.4, 0.5) is 4.39 Å². The molecule has 0 heterocycles. The standard InChI is InChI=1S/C13H12BFO/c1-9-2-5-12(8-13(9)15)16-11-6-3-10(14)4-7-11/h2-8H,14H2,1H3. The Hall–Kier alpha value is -1.77. The third-order valence-corrected chi connectivity index (χ3v) is 2.40. The maximum atomic E-state index is 13.3. The van der Waals surface area contributed by atoms with E-state index in [4.69, 9.17) is 4.74 Å². The number of ether oxygens (including phenoxy) is 1. The van der Waals surface area contributed by atoms with Crippen molar-refractivity contribution in [1.29, 1.82) is 0 Å². The predicted molar refractivity (Wildman–Crippen MR) is 65.8 cm³/mol. The molecule has 1 nitrogen and oxygen atoms in total. The lowest BCUT2D eigenvalue weighted by atomic mass is 9.97. The van der Waals surface area contributed by atoms with Crippen molar-refractivity contribution in [3.05, 3.63) is 53.8 Å². The predicted octanol–water partition coefficient (Wildman–Crippen LogP) is 2.18. The third-order valence-electron chi connectivity index (χ3n) is 2.40. The van der Waals surface area contributed by atoms with E-state index in [2.05, 4.69) is 0 Å². The molecule has 0 unspecified atom stereocenters. The van der Waals surface area contributed by atoms with Crippen molar-refractivity contribution >= 4 is 13.3 Å². The van der Waals surface area contributed by atoms with Crippen LogP contribution in [0.1, 0.15) is 5.56 Å². The van der Waals surface area contributed by atoms with Crippen LogP contribution in [0.25, 0.3) is 0 Å². The van der Waals surface area contributed by atoms with Gasteiger partial charge in [0.2, 0.25) is 0 Å². The summed E-state index contributed by atoms with van der Waals surface area (Å²) in [5.41, 5.74) is 1.79. The van der Waals surface area contributed by atoms with Crippen LogP contribution in [-0.4, -0.2) is 7.85 Å². The van der Waals surface area contributed by atoms with E-state index in [1.807, 2.05) is 32.1 Å². The smallest absolute Gasteiger partial charge is 0.139 e. The molecule has 0 fully saturated rings. The van der Waals surface area contributed by atoms with E-state index in [0.29, 0.717) is 17.1 Å². The summed E-state index contributed by atoms with van der Waals surface area (Å²) in [5, 5.41) is 0. The molecule has 0 N–H and O–H groups in total. The van der Waals surface area contributed by atoms with E-state index >= 15 is 0 Å². The Morgan fingerprint density at radius 1 is 1.00 bits per heavy atom. The minimum atomic E-state index is -0.246. The number of hydrogen-bond acceptors (Lipinski definition) is 1. The fraction of sp³-hybridized carbons (Fsp3) is 0.0769. The van der Waals surface area contributed by atoms with Crippen LogP contribution in [-0.2, 0) is 0 Å². The summed E-state index contributed by atoms with van der Waals surface area (Å²) in [6.45, 7) is 1.73. The minimum Gasteiger partial charge on any atom is -0.457 e. The summed E-state index contributed by atoms with van der Waals surface area (Å²) in [7, 11) is 2.01. The lowest BCUT2D eigenvalue weighted by molar-refractivity contribution is 0.476. The highest BCUT2D eigenvalue weighted by Gasteiger charge is 2.01. The number of hydrogen-bond donors (Lipinski definition) is 0. The normalized spacial score (nSPS) is 10.1. The lowest BCUT2D eigenvalue weighted by Crippen LogP contribution is -1.99. The van der Waals surface area contributed by atoms with E-state index in [9.17, 15) is 4.39 Å². The number of benzene rings is 2. The van der Waals surface area contributed by atoms with Gasteiger partial charge >= 0.3 is 0 Å². The van der Waals surface area contributed by atoms with E-state index in [-0.39, 0.29) is 5.82 Å². The summed E-state index contributed by atoms with van der Waals surface area (Å²) in [6, 6.07) is 12.5. The Morgan fingerprint density at radius 2 is 1.62 bits per heavy atom. The Kier molecular flexibility index (Phi) is 2.95. The van der Waals surface area contributed by atoms with Crippen LogP contribution < -0.4 is 10.2 Å². The first-order chi connectivity index (χ1) is 7.65. The Morgan fingerprint density at radius 3 is 2.25 bits per heavy atom. The topological polar surface area (TPSA) is 9.23 Å². The molecule has 0 spiro atoms. The molecule has 0 aliphatic rings. The van der Waals surface area contributed by atoms with Gasteiger partial charge in [0.25, 0.3) is 0 Å². The second kappa shape index (κ2) is 4.39. The molecule has 0 aliphatic carbocycles. The number of rotatable bonds is 2. The highest BCUT2D eigenvalue weighted by molar-refractivity contribution is 6.32. The van der Waals surface area contributed by atoms with Crippen molar-refractivity contribution in [3.63, 3.8) is 0 Å². The van der Waals surface area contributed by atoms with Crippen molar-refractivity contribution in [2.24, 2.45) is 0 Å².